The molecule has 0 aliphatic carbocycles. The Morgan fingerprint density at radius 3 is 2.73 bits per heavy atom. The van der Waals surface area contributed by atoms with Gasteiger partial charge in [-0.3, -0.25) is 0 Å². The second kappa shape index (κ2) is 7.21. The van der Waals surface area contributed by atoms with Crippen LogP contribution in [0.2, 0.25) is 0 Å². The fraction of sp³-hybridized carbons (Fsp3) is 0.583. The Hall–Kier alpha value is -1.12. The van der Waals surface area contributed by atoms with Crippen molar-refractivity contribution >= 4 is 5.82 Å². The summed E-state index contributed by atoms with van der Waals surface area (Å²) < 4.78 is 12.7. The maximum atomic E-state index is 12.7. The van der Waals surface area contributed by atoms with E-state index in [4.69, 9.17) is 0 Å². The van der Waals surface area contributed by atoms with Gasteiger partial charge < -0.3 is 5.32 Å². The van der Waals surface area contributed by atoms with E-state index in [0.29, 0.717) is 5.82 Å². The number of anilines is 1. The van der Waals surface area contributed by atoms with Crippen molar-refractivity contribution in [3.05, 3.63) is 24.1 Å². The molecule has 1 heterocycles. The van der Waals surface area contributed by atoms with Crippen LogP contribution in [0, 0.1) is 5.95 Å². The van der Waals surface area contributed by atoms with Crippen molar-refractivity contribution < 1.29 is 4.39 Å². The van der Waals surface area contributed by atoms with Gasteiger partial charge in [0, 0.05) is 6.54 Å². The minimum atomic E-state index is -0.425. The molecule has 0 radical (unpaired) electrons. The second-order valence-electron chi connectivity index (χ2n) is 3.69. The average Bonchev–Trinajstić information content (AvgIpc) is 2.23. The van der Waals surface area contributed by atoms with E-state index in [2.05, 4.69) is 17.2 Å². The van der Waals surface area contributed by atoms with Crippen LogP contribution in [0.3, 0.4) is 0 Å². The van der Waals surface area contributed by atoms with Crippen LogP contribution in [-0.2, 0) is 0 Å². The van der Waals surface area contributed by atoms with Gasteiger partial charge in [-0.15, -0.1) is 0 Å². The number of nitrogens with one attached hydrogen (secondary N) is 1. The smallest absolute Gasteiger partial charge is 0.214 e. The fourth-order valence-electron chi connectivity index (χ4n) is 1.45. The van der Waals surface area contributed by atoms with Gasteiger partial charge in [0.15, 0.2) is 0 Å². The van der Waals surface area contributed by atoms with Crippen molar-refractivity contribution in [2.75, 3.05) is 11.9 Å². The predicted octanol–water partition coefficient (Wildman–Crippen LogP) is 3.60. The Labute approximate surface area is 90.9 Å². The van der Waals surface area contributed by atoms with Crippen LogP contribution in [0.15, 0.2) is 18.2 Å². The molecule has 1 N–H and O–H groups in total. The van der Waals surface area contributed by atoms with E-state index in [0.717, 1.165) is 13.0 Å². The van der Waals surface area contributed by atoms with E-state index in [1.807, 2.05) is 0 Å². The Bertz CT molecular complexity index is 276. The molecule has 0 amide bonds. The van der Waals surface area contributed by atoms with Gasteiger partial charge in [0.1, 0.15) is 5.82 Å². The van der Waals surface area contributed by atoms with E-state index in [1.54, 1.807) is 12.1 Å². The topological polar surface area (TPSA) is 24.9 Å². The largest absolute Gasteiger partial charge is 0.370 e. The molecule has 1 aromatic rings. The SMILES string of the molecule is CCCCCCCNc1cccc(F)n1. The zero-order chi connectivity index (χ0) is 10.9. The number of pyridine rings is 1. The molecule has 15 heavy (non-hydrogen) atoms. The summed E-state index contributed by atoms with van der Waals surface area (Å²) in [4.78, 5) is 3.73. The minimum Gasteiger partial charge on any atom is -0.370 e. The fourth-order valence-corrected chi connectivity index (χ4v) is 1.45. The molecule has 0 aliphatic heterocycles. The quantitative estimate of drug-likeness (QED) is 0.549. The number of unbranched alkanes of at least 4 members (excludes halogenated alkanes) is 4. The number of hydrogen-bond acceptors (Lipinski definition) is 2. The number of nitrogens with zero attached hydrogens (tertiary/aromatic N) is 1. The highest BCUT2D eigenvalue weighted by Gasteiger charge is 1.95. The molecule has 0 saturated carbocycles. The molecule has 0 saturated heterocycles. The zero-order valence-electron chi connectivity index (χ0n) is 9.30. The van der Waals surface area contributed by atoms with Gasteiger partial charge in [0.2, 0.25) is 5.95 Å². The summed E-state index contributed by atoms with van der Waals surface area (Å²) in [6, 6.07) is 4.81. The van der Waals surface area contributed by atoms with Gasteiger partial charge in [-0.05, 0) is 18.6 Å². The third kappa shape index (κ3) is 5.35. The molecule has 3 heteroatoms. The van der Waals surface area contributed by atoms with Crippen molar-refractivity contribution in [1.82, 2.24) is 4.98 Å². The Morgan fingerprint density at radius 1 is 1.20 bits per heavy atom. The summed E-state index contributed by atoms with van der Waals surface area (Å²) in [6.45, 7) is 3.08. The number of halogens is 1. The van der Waals surface area contributed by atoms with Crippen LogP contribution in [0.5, 0.6) is 0 Å². The maximum absolute atomic E-state index is 12.7. The van der Waals surface area contributed by atoms with Crippen LogP contribution in [0.1, 0.15) is 39.0 Å². The second-order valence-corrected chi connectivity index (χ2v) is 3.69. The van der Waals surface area contributed by atoms with Crippen LogP contribution < -0.4 is 5.32 Å². The van der Waals surface area contributed by atoms with Gasteiger partial charge in [-0.2, -0.15) is 4.39 Å². The van der Waals surface area contributed by atoms with Gasteiger partial charge in [0.05, 0.1) is 0 Å². The summed E-state index contributed by atoms with van der Waals surface area (Å²) in [5.74, 6) is 0.205. The average molecular weight is 210 g/mol. The molecular formula is C12H19FN2. The zero-order valence-corrected chi connectivity index (χ0v) is 9.30. The summed E-state index contributed by atoms with van der Waals surface area (Å²) in [7, 11) is 0. The van der Waals surface area contributed by atoms with E-state index >= 15 is 0 Å². The van der Waals surface area contributed by atoms with E-state index in [1.165, 1.54) is 31.7 Å². The molecular weight excluding hydrogens is 191 g/mol. The highest BCUT2D eigenvalue weighted by molar-refractivity contribution is 5.33. The minimum absolute atomic E-state index is 0.425. The Balaban J connectivity index is 2.10. The van der Waals surface area contributed by atoms with Crippen molar-refractivity contribution in [2.24, 2.45) is 0 Å². The van der Waals surface area contributed by atoms with Crippen LogP contribution in [0.25, 0.3) is 0 Å². The summed E-state index contributed by atoms with van der Waals surface area (Å²) >= 11 is 0. The summed E-state index contributed by atoms with van der Waals surface area (Å²) in [6.07, 6.45) is 6.21. The molecule has 0 fully saturated rings. The van der Waals surface area contributed by atoms with Gasteiger partial charge in [-0.1, -0.05) is 38.7 Å². The van der Waals surface area contributed by atoms with Crippen molar-refractivity contribution in [3.8, 4) is 0 Å². The molecule has 0 atom stereocenters. The summed E-state index contributed by atoms with van der Waals surface area (Å²) in [5, 5.41) is 3.11. The lowest BCUT2D eigenvalue weighted by Crippen LogP contribution is -2.03. The van der Waals surface area contributed by atoms with E-state index in [-0.39, 0.29) is 0 Å². The molecule has 1 aromatic heterocycles. The van der Waals surface area contributed by atoms with Gasteiger partial charge >= 0.3 is 0 Å². The maximum Gasteiger partial charge on any atom is 0.214 e. The monoisotopic (exact) mass is 210 g/mol. The van der Waals surface area contributed by atoms with Crippen molar-refractivity contribution in [2.45, 2.75) is 39.0 Å². The molecule has 2 nitrogen and oxygen atoms in total. The van der Waals surface area contributed by atoms with Crippen LogP contribution >= 0.6 is 0 Å². The third-order valence-corrected chi connectivity index (χ3v) is 2.30. The molecule has 0 aromatic carbocycles. The molecule has 0 spiro atoms. The highest BCUT2D eigenvalue weighted by Crippen LogP contribution is 2.05. The van der Waals surface area contributed by atoms with Gasteiger partial charge in [-0.25, -0.2) is 4.98 Å². The molecule has 0 unspecified atom stereocenters. The third-order valence-electron chi connectivity index (χ3n) is 2.30. The first-order chi connectivity index (χ1) is 7.33. The molecule has 0 aliphatic rings. The first-order valence-electron chi connectivity index (χ1n) is 5.69. The molecule has 1 rings (SSSR count). The van der Waals surface area contributed by atoms with Crippen molar-refractivity contribution in [1.29, 1.82) is 0 Å². The first kappa shape index (κ1) is 12.0. The molecule has 84 valence electrons. The van der Waals surface area contributed by atoms with Gasteiger partial charge in [0.25, 0.3) is 0 Å². The van der Waals surface area contributed by atoms with Crippen LogP contribution in [-0.4, -0.2) is 11.5 Å². The van der Waals surface area contributed by atoms with Crippen molar-refractivity contribution in [3.63, 3.8) is 0 Å². The standard InChI is InChI=1S/C12H19FN2/c1-2-3-4-5-6-10-14-12-9-7-8-11(13)15-12/h7-9H,2-6,10H2,1H3,(H,14,15). The number of aromatic nitrogens is 1. The Morgan fingerprint density at radius 2 is 2.00 bits per heavy atom. The summed E-state index contributed by atoms with van der Waals surface area (Å²) in [5.41, 5.74) is 0. The molecule has 0 bridgehead atoms. The lowest BCUT2D eigenvalue weighted by Gasteiger charge is -2.04. The predicted molar refractivity (Wildman–Crippen MR) is 61.4 cm³/mol. The normalized spacial score (nSPS) is 10.3. The lowest BCUT2D eigenvalue weighted by atomic mass is 10.1. The number of rotatable bonds is 7. The lowest BCUT2D eigenvalue weighted by molar-refractivity contribution is 0.584. The highest BCUT2D eigenvalue weighted by atomic mass is 19.1. The van der Waals surface area contributed by atoms with E-state index < -0.39 is 5.95 Å². The Kier molecular flexibility index (Phi) is 5.74. The van der Waals surface area contributed by atoms with Crippen LogP contribution in [0.4, 0.5) is 10.2 Å². The first-order valence-corrected chi connectivity index (χ1v) is 5.69. The number of hydrogen-bond donors (Lipinski definition) is 1. The van der Waals surface area contributed by atoms with E-state index in [9.17, 15) is 4.39 Å².